The lowest BCUT2D eigenvalue weighted by Crippen LogP contribution is -2.36. The van der Waals surface area contributed by atoms with Gasteiger partial charge in [0.05, 0.1) is 22.4 Å². The second-order valence-electron chi connectivity index (χ2n) is 6.69. The molecule has 6 heteroatoms. The first-order valence-corrected chi connectivity index (χ1v) is 10.2. The fourth-order valence-corrected chi connectivity index (χ4v) is 4.25. The Hall–Kier alpha value is -2.31. The van der Waals surface area contributed by atoms with E-state index in [1.807, 2.05) is 43.3 Å². The van der Waals surface area contributed by atoms with Crippen LogP contribution in [0, 0.1) is 0 Å². The molecule has 0 radical (unpaired) electrons. The van der Waals surface area contributed by atoms with Gasteiger partial charge in [-0.2, -0.15) is 0 Å². The largest absolute Gasteiger partial charge is 0.376 e. The number of amides is 1. The number of aromatic nitrogens is 2. The molecular weight excluding hydrogens is 358 g/mol. The van der Waals surface area contributed by atoms with Gasteiger partial charge in [0.1, 0.15) is 0 Å². The minimum Gasteiger partial charge on any atom is -0.376 e. The van der Waals surface area contributed by atoms with Crippen molar-refractivity contribution in [2.45, 2.75) is 36.3 Å². The Balaban J connectivity index is 1.55. The molecule has 0 aliphatic carbocycles. The Morgan fingerprint density at radius 2 is 2.04 bits per heavy atom. The smallest absolute Gasteiger partial charge is 0.233 e. The Morgan fingerprint density at radius 1 is 1.26 bits per heavy atom. The molecule has 5 nitrogen and oxygen atoms in total. The lowest BCUT2D eigenvalue weighted by Gasteiger charge is -2.15. The number of benzene rings is 2. The van der Waals surface area contributed by atoms with Crippen molar-refractivity contribution >= 4 is 28.7 Å². The van der Waals surface area contributed by atoms with Crippen molar-refractivity contribution in [3.63, 3.8) is 0 Å². The van der Waals surface area contributed by atoms with E-state index in [-0.39, 0.29) is 17.3 Å². The minimum atomic E-state index is -0.245. The monoisotopic (exact) mass is 381 g/mol. The first-order valence-electron chi connectivity index (χ1n) is 9.31. The first-order chi connectivity index (χ1) is 13.2. The number of carbonyl (C=O) groups is 1. The fraction of sp³-hybridized carbons (Fsp3) is 0.333. The second kappa shape index (κ2) is 8.15. The summed E-state index contributed by atoms with van der Waals surface area (Å²) in [6.45, 7) is 3.30. The standard InChI is InChI=1S/C21H23N3O2S/c1-15(20(25)22-14-17-10-7-13-26-17)27-21-23-18-11-5-6-12-19(18)24(21)16-8-3-2-4-9-16/h2-6,8-9,11-12,15,17H,7,10,13-14H2,1H3,(H,22,25)/t15-,17+/m1/s1. The minimum absolute atomic E-state index is 0.0159. The molecule has 2 aromatic carbocycles. The van der Waals surface area contributed by atoms with Crippen molar-refractivity contribution in [2.75, 3.05) is 13.2 Å². The highest BCUT2D eigenvalue weighted by Gasteiger charge is 2.22. The van der Waals surface area contributed by atoms with Crippen molar-refractivity contribution in [3.05, 3.63) is 54.6 Å². The van der Waals surface area contributed by atoms with Gasteiger partial charge in [0.15, 0.2) is 5.16 Å². The first kappa shape index (κ1) is 18.1. The molecule has 4 rings (SSSR count). The molecule has 1 fully saturated rings. The van der Waals surface area contributed by atoms with Gasteiger partial charge in [-0.05, 0) is 44.0 Å². The Bertz CT molecular complexity index is 920. The van der Waals surface area contributed by atoms with Crippen LogP contribution in [0.5, 0.6) is 0 Å². The van der Waals surface area contributed by atoms with E-state index in [4.69, 9.17) is 9.72 Å². The Morgan fingerprint density at radius 3 is 2.81 bits per heavy atom. The zero-order chi connectivity index (χ0) is 18.6. The molecular formula is C21H23N3O2S. The molecule has 1 amide bonds. The molecule has 0 bridgehead atoms. The fourth-order valence-electron chi connectivity index (χ4n) is 3.28. The van der Waals surface area contributed by atoms with Crippen LogP contribution >= 0.6 is 11.8 Å². The van der Waals surface area contributed by atoms with Gasteiger partial charge < -0.3 is 10.1 Å². The number of nitrogens with one attached hydrogen (secondary N) is 1. The summed E-state index contributed by atoms with van der Waals surface area (Å²) in [4.78, 5) is 17.3. The molecule has 1 aliphatic heterocycles. The van der Waals surface area contributed by atoms with Gasteiger partial charge >= 0.3 is 0 Å². The zero-order valence-electron chi connectivity index (χ0n) is 15.3. The highest BCUT2D eigenvalue weighted by Crippen LogP contribution is 2.30. The summed E-state index contributed by atoms with van der Waals surface area (Å²) in [5.41, 5.74) is 3.01. The lowest BCUT2D eigenvalue weighted by atomic mass is 10.2. The van der Waals surface area contributed by atoms with Crippen LogP contribution in [0.25, 0.3) is 16.7 Å². The van der Waals surface area contributed by atoms with Crippen LogP contribution < -0.4 is 5.32 Å². The van der Waals surface area contributed by atoms with Crippen molar-refractivity contribution < 1.29 is 9.53 Å². The second-order valence-corrected chi connectivity index (χ2v) is 8.00. The summed E-state index contributed by atoms with van der Waals surface area (Å²) in [6, 6.07) is 18.2. The average Bonchev–Trinajstić information content (AvgIpc) is 3.34. The van der Waals surface area contributed by atoms with Crippen molar-refractivity contribution in [3.8, 4) is 5.69 Å². The Labute approximate surface area is 163 Å². The van der Waals surface area contributed by atoms with Gasteiger partial charge in [0.25, 0.3) is 0 Å². The van der Waals surface area contributed by atoms with Gasteiger partial charge in [0.2, 0.25) is 5.91 Å². The van der Waals surface area contributed by atoms with E-state index in [0.717, 1.165) is 41.3 Å². The summed E-state index contributed by atoms with van der Waals surface area (Å²) >= 11 is 1.48. The topological polar surface area (TPSA) is 56.2 Å². The number of para-hydroxylation sites is 3. The SMILES string of the molecule is C[C@@H](Sc1nc2ccccc2n1-c1ccccc1)C(=O)NC[C@@H]1CCCO1. The van der Waals surface area contributed by atoms with E-state index in [0.29, 0.717) is 6.54 Å². The molecule has 1 saturated heterocycles. The summed E-state index contributed by atoms with van der Waals surface area (Å²) < 4.78 is 7.70. The van der Waals surface area contributed by atoms with Gasteiger partial charge in [-0.3, -0.25) is 9.36 Å². The molecule has 27 heavy (non-hydrogen) atoms. The van der Waals surface area contributed by atoms with E-state index in [2.05, 4.69) is 28.1 Å². The normalized spacial score (nSPS) is 17.9. The maximum atomic E-state index is 12.5. The van der Waals surface area contributed by atoms with Crippen molar-refractivity contribution in [1.82, 2.24) is 14.9 Å². The van der Waals surface area contributed by atoms with Gasteiger partial charge in [-0.25, -0.2) is 4.98 Å². The highest BCUT2D eigenvalue weighted by atomic mass is 32.2. The van der Waals surface area contributed by atoms with Crippen LogP contribution in [0.4, 0.5) is 0 Å². The van der Waals surface area contributed by atoms with Crippen LogP contribution in [0.2, 0.25) is 0 Å². The van der Waals surface area contributed by atoms with Gasteiger partial charge in [0, 0.05) is 18.8 Å². The van der Waals surface area contributed by atoms with E-state index in [1.54, 1.807) is 0 Å². The van der Waals surface area contributed by atoms with E-state index >= 15 is 0 Å². The van der Waals surface area contributed by atoms with Crippen molar-refractivity contribution in [2.24, 2.45) is 0 Å². The van der Waals surface area contributed by atoms with Crippen LogP contribution in [0.3, 0.4) is 0 Å². The number of hydrogen-bond acceptors (Lipinski definition) is 4. The number of rotatable bonds is 6. The lowest BCUT2D eigenvalue weighted by molar-refractivity contribution is -0.120. The maximum absolute atomic E-state index is 12.5. The molecule has 2 heterocycles. The van der Waals surface area contributed by atoms with E-state index < -0.39 is 0 Å². The molecule has 0 spiro atoms. The summed E-state index contributed by atoms with van der Waals surface area (Å²) in [5.74, 6) is 0.0159. The number of ether oxygens (including phenoxy) is 1. The zero-order valence-corrected chi connectivity index (χ0v) is 16.1. The summed E-state index contributed by atoms with van der Waals surface area (Å²) in [7, 11) is 0. The van der Waals surface area contributed by atoms with E-state index in [1.165, 1.54) is 11.8 Å². The third-order valence-electron chi connectivity index (χ3n) is 4.72. The number of nitrogens with zero attached hydrogens (tertiary/aromatic N) is 2. The summed E-state index contributed by atoms with van der Waals surface area (Å²) in [6.07, 6.45) is 2.25. The molecule has 1 aliphatic rings. The number of hydrogen-bond donors (Lipinski definition) is 1. The molecule has 2 atom stereocenters. The quantitative estimate of drug-likeness (QED) is 0.660. The van der Waals surface area contributed by atoms with Gasteiger partial charge in [-0.1, -0.05) is 42.1 Å². The molecule has 0 saturated carbocycles. The Kier molecular flexibility index (Phi) is 5.45. The van der Waals surface area contributed by atoms with E-state index in [9.17, 15) is 4.79 Å². The summed E-state index contributed by atoms with van der Waals surface area (Å²) in [5, 5.41) is 3.59. The number of carbonyl (C=O) groups excluding carboxylic acids is 1. The third-order valence-corrected chi connectivity index (χ3v) is 5.78. The average molecular weight is 382 g/mol. The molecule has 3 aromatic rings. The highest BCUT2D eigenvalue weighted by molar-refractivity contribution is 8.00. The van der Waals surface area contributed by atoms with Crippen LogP contribution in [-0.2, 0) is 9.53 Å². The van der Waals surface area contributed by atoms with Gasteiger partial charge in [-0.15, -0.1) is 0 Å². The van der Waals surface area contributed by atoms with Crippen molar-refractivity contribution in [1.29, 1.82) is 0 Å². The molecule has 0 unspecified atom stereocenters. The number of imidazole rings is 1. The van der Waals surface area contributed by atoms with Crippen LogP contribution in [0.15, 0.2) is 59.8 Å². The third kappa shape index (κ3) is 4.01. The molecule has 1 aromatic heterocycles. The van der Waals surface area contributed by atoms with Crippen LogP contribution in [-0.4, -0.2) is 40.0 Å². The predicted molar refractivity (Wildman–Crippen MR) is 108 cm³/mol. The maximum Gasteiger partial charge on any atom is 0.233 e. The molecule has 140 valence electrons. The number of thioether (sulfide) groups is 1. The predicted octanol–water partition coefficient (Wildman–Crippen LogP) is 3.80. The molecule has 1 N–H and O–H groups in total. The number of fused-ring (bicyclic) bond motifs is 1. The van der Waals surface area contributed by atoms with Crippen LogP contribution in [0.1, 0.15) is 19.8 Å².